The van der Waals surface area contributed by atoms with E-state index in [2.05, 4.69) is 29.4 Å². The quantitative estimate of drug-likeness (QED) is 0.825. The van der Waals surface area contributed by atoms with Gasteiger partial charge in [-0.2, -0.15) is 0 Å². The Morgan fingerprint density at radius 2 is 2.18 bits per heavy atom. The summed E-state index contributed by atoms with van der Waals surface area (Å²) in [5.41, 5.74) is 2.20. The van der Waals surface area contributed by atoms with Crippen LogP contribution in [0.4, 0.5) is 0 Å². The molecular formula is C19H26N2O. The molecule has 118 valence electrons. The summed E-state index contributed by atoms with van der Waals surface area (Å²) < 4.78 is 0. The van der Waals surface area contributed by atoms with Gasteiger partial charge in [-0.3, -0.25) is 4.79 Å². The van der Waals surface area contributed by atoms with Crippen LogP contribution >= 0.6 is 0 Å². The second-order valence-corrected chi connectivity index (χ2v) is 6.54. The van der Waals surface area contributed by atoms with Crippen molar-refractivity contribution < 1.29 is 4.79 Å². The lowest BCUT2D eigenvalue weighted by atomic mass is 9.96. The number of carbonyl (C=O) groups is 1. The molecular weight excluding hydrogens is 272 g/mol. The van der Waals surface area contributed by atoms with Gasteiger partial charge in [0.05, 0.1) is 6.42 Å². The lowest BCUT2D eigenvalue weighted by molar-refractivity contribution is -0.121. The molecule has 22 heavy (non-hydrogen) atoms. The molecule has 3 heteroatoms. The average Bonchev–Trinajstić information content (AvgIpc) is 3.13. The van der Waals surface area contributed by atoms with E-state index in [9.17, 15) is 4.79 Å². The molecule has 1 aliphatic rings. The van der Waals surface area contributed by atoms with Gasteiger partial charge in [-0.1, -0.05) is 44.4 Å². The number of aromatic nitrogens is 1. The van der Waals surface area contributed by atoms with Gasteiger partial charge < -0.3 is 10.3 Å². The smallest absolute Gasteiger partial charge is 0.224 e. The number of nitrogens with one attached hydrogen (secondary N) is 2. The zero-order valence-corrected chi connectivity index (χ0v) is 13.4. The molecule has 2 aromatic rings. The number of aromatic amines is 1. The van der Waals surface area contributed by atoms with Gasteiger partial charge in [-0.15, -0.1) is 0 Å². The fraction of sp³-hybridized carbons (Fsp3) is 0.526. The Morgan fingerprint density at radius 1 is 1.32 bits per heavy atom. The van der Waals surface area contributed by atoms with Crippen molar-refractivity contribution in [2.75, 3.05) is 0 Å². The summed E-state index contributed by atoms with van der Waals surface area (Å²) in [7, 11) is 0. The van der Waals surface area contributed by atoms with Crippen LogP contribution in [0.15, 0.2) is 30.5 Å². The third kappa shape index (κ3) is 3.34. The van der Waals surface area contributed by atoms with Crippen LogP contribution in [0, 0.1) is 5.92 Å². The first kappa shape index (κ1) is 15.1. The first-order valence-corrected chi connectivity index (χ1v) is 8.62. The molecule has 1 fully saturated rings. The Hall–Kier alpha value is -1.77. The van der Waals surface area contributed by atoms with Crippen molar-refractivity contribution in [3.63, 3.8) is 0 Å². The van der Waals surface area contributed by atoms with E-state index in [0.29, 0.717) is 18.4 Å². The van der Waals surface area contributed by atoms with Crippen LogP contribution in [0.3, 0.4) is 0 Å². The van der Waals surface area contributed by atoms with Crippen molar-refractivity contribution in [3.8, 4) is 0 Å². The highest BCUT2D eigenvalue weighted by molar-refractivity contribution is 5.88. The van der Waals surface area contributed by atoms with Gasteiger partial charge in [-0.25, -0.2) is 0 Å². The molecule has 2 unspecified atom stereocenters. The zero-order valence-electron chi connectivity index (χ0n) is 13.4. The maximum atomic E-state index is 12.4. The number of benzene rings is 1. The number of hydrogen-bond donors (Lipinski definition) is 2. The molecule has 1 aromatic carbocycles. The summed E-state index contributed by atoms with van der Waals surface area (Å²) in [4.78, 5) is 15.6. The zero-order chi connectivity index (χ0) is 15.4. The van der Waals surface area contributed by atoms with Crippen LogP contribution in [-0.2, 0) is 11.2 Å². The van der Waals surface area contributed by atoms with Crippen LogP contribution in [-0.4, -0.2) is 16.9 Å². The molecule has 0 spiro atoms. The third-order valence-corrected chi connectivity index (χ3v) is 4.96. The van der Waals surface area contributed by atoms with Gasteiger partial charge in [0.2, 0.25) is 5.91 Å². The Balaban J connectivity index is 1.60. The normalized spacial score (nSPS) is 21.3. The predicted molar refractivity (Wildman–Crippen MR) is 90.8 cm³/mol. The Labute approximate surface area is 132 Å². The van der Waals surface area contributed by atoms with Crippen molar-refractivity contribution >= 4 is 16.8 Å². The van der Waals surface area contributed by atoms with Gasteiger partial charge >= 0.3 is 0 Å². The first-order chi connectivity index (χ1) is 10.8. The van der Waals surface area contributed by atoms with Gasteiger partial charge in [0.15, 0.2) is 0 Å². The van der Waals surface area contributed by atoms with Gasteiger partial charge in [0, 0.05) is 23.1 Å². The standard InChI is InChI=1S/C19H26N2O/c1-2-3-7-14-8-6-11-17(14)21-19(22)12-15-13-20-18-10-5-4-9-16(15)18/h4-5,9-10,13-14,17,20H,2-3,6-8,11-12H2,1H3,(H,21,22). The van der Waals surface area contributed by atoms with E-state index in [4.69, 9.17) is 0 Å². The van der Waals surface area contributed by atoms with E-state index in [1.165, 1.54) is 32.1 Å². The Bertz CT molecular complexity index is 631. The maximum absolute atomic E-state index is 12.4. The molecule has 1 heterocycles. The van der Waals surface area contributed by atoms with E-state index in [1.807, 2.05) is 18.3 Å². The van der Waals surface area contributed by atoms with Crippen LogP contribution in [0.1, 0.15) is 51.0 Å². The highest BCUT2D eigenvalue weighted by Gasteiger charge is 2.27. The fourth-order valence-electron chi connectivity index (χ4n) is 3.75. The number of H-pyrrole nitrogens is 1. The number of amides is 1. The van der Waals surface area contributed by atoms with Crippen molar-refractivity contribution in [1.82, 2.24) is 10.3 Å². The summed E-state index contributed by atoms with van der Waals surface area (Å²) in [5, 5.41) is 4.45. The summed E-state index contributed by atoms with van der Waals surface area (Å²) in [5.74, 6) is 0.852. The average molecular weight is 298 g/mol. The molecule has 3 rings (SSSR count). The fourth-order valence-corrected chi connectivity index (χ4v) is 3.75. The van der Waals surface area contributed by atoms with Gasteiger partial charge in [0.1, 0.15) is 0 Å². The van der Waals surface area contributed by atoms with Gasteiger partial charge in [0.25, 0.3) is 0 Å². The number of unbranched alkanes of at least 4 members (excludes halogenated alkanes) is 1. The third-order valence-electron chi connectivity index (χ3n) is 4.96. The highest BCUT2D eigenvalue weighted by Crippen LogP contribution is 2.30. The highest BCUT2D eigenvalue weighted by atomic mass is 16.1. The second-order valence-electron chi connectivity index (χ2n) is 6.54. The molecule has 2 N–H and O–H groups in total. The molecule has 1 saturated carbocycles. The number of hydrogen-bond acceptors (Lipinski definition) is 1. The summed E-state index contributed by atoms with van der Waals surface area (Å²) >= 11 is 0. The van der Waals surface area contributed by atoms with Crippen molar-refractivity contribution in [1.29, 1.82) is 0 Å². The number of fused-ring (bicyclic) bond motifs is 1. The number of carbonyl (C=O) groups excluding carboxylic acids is 1. The molecule has 1 aromatic heterocycles. The minimum absolute atomic E-state index is 0.165. The maximum Gasteiger partial charge on any atom is 0.224 e. The molecule has 0 aliphatic heterocycles. The van der Waals surface area contributed by atoms with Crippen molar-refractivity contribution in [2.45, 2.75) is 57.9 Å². The molecule has 0 bridgehead atoms. The van der Waals surface area contributed by atoms with Crippen LogP contribution in [0.2, 0.25) is 0 Å². The first-order valence-electron chi connectivity index (χ1n) is 8.62. The lowest BCUT2D eigenvalue weighted by Gasteiger charge is -2.20. The monoisotopic (exact) mass is 298 g/mol. The molecule has 2 atom stereocenters. The summed E-state index contributed by atoms with van der Waals surface area (Å²) in [6.45, 7) is 2.24. The number of rotatable bonds is 6. The van der Waals surface area contributed by atoms with E-state index < -0.39 is 0 Å². The van der Waals surface area contributed by atoms with E-state index in [0.717, 1.165) is 22.9 Å². The predicted octanol–water partition coefficient (Wildman–Crippen LogP) is 4.19. The molecule has 1 amide bonds. The minimum atomic E-state index is 0.165. The SMILES string of the molecule is CCCCC1CCCC1NC(=O)Cc1c[nH]c2ccccc12. The van der Waals surface area contributed by atoms with Crippen LogP contribution in [0.5, 0.6) is 0 Å². The lowest BCUT2D eigenvalue weighted by Crippen LogP contribution is -2.38. The molecule has 0 radical (unpaired) electrons. The molecule has 3 nitrogen and oxygen atoms in total. The Morgan fingerprint density at radius 3 is 3.05 bits per heavy atom. The van der Waals surface area contributed by atoms with Crippen molar-refractivity contribution in [3.05, 3.63) is 36.0 Å². The van der Waals surface area contributed by atoms with Crippen LogP contribution in [0.25, 0.3) is 10.9 Å². The van der Waals surface area contributed by atoms with Crippen molar-refractivity contribution in [2.24, 2.45) is 5.92 Å². The minimum Gasteiger partial charge on any atom is -0.361 e. The van der Waals surface area contributed by atoms with E-state index >= 15 is 0 Å². The summed E-state index contributed by atoms with van der Waals surface area (Å²) in [6.07, 6.45) is 9.90. The Kier molecular flexibility index (Phi) is 4.81. The molecule has 1 aliphatic carbocycles. The van der Waals surface area contributed by atoms with E-state index in [-0.39, 0.29) is 5.91 Å². The second kappa shape index (κ2) is 6.99. The summed E-state index contributed by atoms with van der Waals surface area (Å²) in [6, 6.07) is 8.56. The number of para-hydroxylation sites is 1. The van der Waals surface area contributed by atoms with Crippen LogP contribution < -0.4 is 5.32 Å². The largest absolute Gasteiger partial charge is 0.361 e. The van der Waals surface area contributed by atoms with Gasteiger partial charge in [-0.05, 0) is 36.8 Å². The molecule has 0 saturated heterocycles. The van der Waals surface area contributed by atoms with E-state index in [1.54, 1.807) is 0 Å². The topological polar surface area (TPSA) is 44.9 Å².